The van der Waals surface area contributed by atoms with Crippen molar-refractivity contribution in [3.8, 4) is 0 Å². The maximum absolute atomic E-state index is 12.9. The van der Waals surface area contributed by atoms with Gasteiger partial charge < -0.3 is 15.5 Å². The number of carbonyl (C=O) groups excluding carboxylic acids is 1. The number of halogens is 2. The van der Waals surface area contributed by atoms with Crippen LogP contribution < -0.4 is 15.5 Å². The van der Waals surface area contributed by atoms with Gasteiger partial charge in [-0.15, -0.1) is 0 Å². The van der Waals surface area contributed by atoms with Crippen molar-refractivity contribution in [1.29, 1.82) is 0 Å². The number of nitrogens with zero attached hydrogens (tertiary/aromatic N) is 3. The fraction of sp³-hybridized carbons (Fsp3) is 0.211. The van der Waals surface area contributed by atoms with E-state index in [1.54, 1.807) is 0 Å². The monoisotopic (exact) mass is 385 g/mol. The smallest absolute Gasteiger partial charge is 0.319 e. The Hall–Kier alpha value is -2.93. The van der Waals surface area contributed by atoms with Gasteiger partial charge in [0.2, 0.25) is 0 Å². The number of benzene rings is 2. The van der Waals surface area contributed by atoms with Crippen LogP contribution in [0.4, 0.5) is 20.7 Å². The lowest BCUT2D eigenvalue weighted by atomic mass is 10.2. The molecular weight excluding hydrogens is 369 g/mol. The highest BCUT2D eigenvalue weighted by atomic mass is 35.5. The Morgan fingerprint density at radius 1 is 1.19 bits per heavy atom. The molecule has 2 heterocycles. The minimum absolute atomic E-state index is 0.0113. The SMILES string of the molecule is O=C(Nc1ccc(F)cc1)NC1CCN(c2ncnc3cc(Cl)ccc23)C1. The number of nitrogens with one attached hydrogen (secondary N) is 2. The number of anilines is 2. The summed E-state index contributed by atoms with van der Waals surface area (Å²) in [5.74, 6) is 0.491. The van der Waals surface area contributed by atoms with E-state index in [4.69, 9.17) is 11.6 Å². The largest absolute Gasteiger partial charge is 0.354 e. The van der Waals surface area contributed by atoms with Gasteiger partial charge in [-0.25, -0.2) is 19.2 Å². The highest BCUT2D eigenvalue weighted by Crippen LogP contribution is 2.27. The standard InChI is InChI=1S/C19H17ClFN5O/c20-12-1-6-16-17(9-12)22-11-23-18(16)26-8-7-15(10-26)25-19(27)24-14-4-2-13(21)3-5-14/h1-6,9,11,15H,7-8,10H2,(H2,24,25,27). The molecule has 1 saturated heterocycles. The number of aromatic nitrogens is 2. The minimum Gasteiger partial charge on any atom is -0.354 e. The van der Waals surface area contributed by atoms with Gasteiger partial charge in [-0.2, -0.15) is 0 Å². The molecule has 0 spiro atoms. The van der Waals surface area contributed by atoms with Gasteiger partial charge in [-0.1, -0.05) is 11.6 Å². The molecule has 1 atom stereocenters. The van der Waals surface area contributed by atoms with Gasteiger partial charge in [-0.3, -0.25) is 0 Å². The van der Waals surface area contributed by atoms with E-state index in [2.05, 4.69) is 25.5 Å². The number of urea groups is 1. The van der Waals surface area contributed by atoms with Gasteiger partial charge in [0.25, 0.3) is 0 Å². The number of hydrogen-bond acceptors (Lipinski definition) is 4. The minimum atomic E-state index is -0.342. The van der Waals surface area contributed by atoms with Crippen LogP contribution in [0, 0.1) is 5.82 Å². The van der Waals surface area contributed by atoms with Crippen LogP contribution in [-0.2, 0) is 0 Å². The van der Waals surface area contributed by atoms with Crippen LogP contribution in [0.25, 0.3) is 10.9 Å². The molecule has 0 bridgehead atoms. The molecule has 0 radical (unpaired) electrons. The van der Waals surface area contributed by atoms with Crippen molar-refractivity contribution in [2.45, 2.75) is 12.5 Å². The van der Waals surface area contributed by atoms with E-state index in [1.807, 2.05) is 18.2 Å². The molecule has 1 unspecified atom stereocenters. The molecule has 1 aliphatic rings. The lowest BCUT2D eigenvalue weighted by Gasteiger charge is -2.19. The molecule has 138 valence electrons. The summed E-state index contributed by atoms with van der Waals surface area (Å²) in [5.41, 5.74) is 1.33. The second kappa shape index (κ2) is 7.36. The summed E-state index contributed by atoms with van der Waals surface area (Å²) in [6.45, 7) is 1.42. The first-order valence-electron chi connectivity index (χ1n) is 8.57. The molecule has 2 aromatic carbocycles. The molecule has 0 aliphatic carbocycles. The van der Waals surface area contributed by atoms with Crippen molar-refractivity contribution < 1.29 is 9.18 Å². The van der Waals surface area contributed by atoms with Gasteiger partial charge in [0.1, 0.15) is 18.0 Å². The van der Waals surface area contributed by atoms with Gasteiger partial charge in [0, 0.05) is 35.2 Å². The quantitative estimate of drug-likeness (QED) is 0.719. The topological polar surface area (TPSA) is 70.2 Å². The Balaban J connectivity index is 1.41. The van der Waals surface area contributed by atoms with Crippen molar-refractivity contribution in [3.05, 3.63) is 59.6 Å². The third-order valence-corrected chi connectivity index (χ3v) is 4.74. The van der Waals surface area contributed by atoms with Gasteiger partial charge in [0.05, 0.1) is 5.52 Å². The molecule has 8 heteroatoms. The Kier molecular flexibility index (Phi) is 4.77. The fourth-order valence-electron chi connectivity index (χ4n) is 3.22. The second-order valence-electron chi connectivity index (χ2n) is 6.40. The maximum Gasteiger partial charge on any atom is 0.319 e. The average Bonchev–Trinajstić information content (AvgIpc) is 3.11. The third-order valence-electron chi connectivity index (χ3n) is 4.50. The normalized spacial score (nSPS) is 16.5. The van der Waals surface area contributed by atoms with Crippen LogP contribution in [-0.4, -0.2) is 35.1 Å². The predicted molar refractivity (Wildman–Crippen MR) is 104 cm³/mol. The number of hydrogen-bond donors (Lipinski definition) is 2. The van der Waals surface area contributed by atoms with Crippen LogP contribution in [0.5, 0.6) is 0 Å². The third kappa shape index (κ3) is 3.93. The first kappa shape index (κ1) is 17.5. The number of fused-ring (bicyclic) bond motifs is 1. The lowest BCUT2D eigenvalue weighted by Crippen LogP contribution is -2.39. The summed E-state index contributed by atoms with van der Waals surface area (Å²) in [7, 11) is 0. The summed E-state index contributed by atoms with van der Waals surface area (Å²) in [4.78, 5) is 23.0. The molecule has 2 amide bonds. The molecule has 1 aliphatic heterocycles. The zero-order valence-electron chi connectivity index (χ0n) is 14.3. The summed E-state index contributed by atoms with van der Waals surface area (Å²) in [6, 6.07) is 10.9. The molecule has 4 rings (SSSR count). The summed E-state index contributed by atoms with van der Waals surface area (Å²) < 4.78 is 12.9. The summed E-state index contributed by atoms with van der Waals surface area (Å²) >= 11 is 6.04. The van der Waals surface area contributed by atoms with Gasteiger partial charge >= 0.3 is 6.03 Å². The fourth-order valence-corrected chi connectivity index (χ4v) is 3.39. The Morgan fingerprint density at radius 3 is 2.81 bits per heavy atom. The molecule has 0 saturated carbocycles. The summed E-state index contributed by atoms with van der Waals surface area (Å²) in [5, 5.41) is 7.22. The van der Waals surface area contributed by atoms with Crippen LogP contribution in [0.2, 0.25) is 5.02 Å². The van der Waals surface area contributed by atoms with Crippen molar-refractivity contribution in [1.82, 2.24) is 15.3 Å². The molecule has 1 aromatic heterocycles. The van der Waals surface area contributed by atoms with E-state index in [9.17, 15) is 9.18 Å². The van der Waals surface area contributed by atoms with E-state index in [-0.39, 0.29) is 17.9 Å². The van der Waals surface area contributed by atoms with E-state index in [0.717, 1.165) is 29.7 Å². The first-order valence-corrected chi connectivity index (χ1v) is 8.94. The second-order valence-corrected chi connectivity index (χ2v) is 6.83. The van der Waals surface area contributed by atoms with Crippen molar-refractivity contribution in [3.63, 3.8) is 0 Å². The Labute approximate surface area is 160 Å². The van der Waals surface area contributed by atoms with E-state index in [0.29, 0.717) is 17.3 Å². The molecule has 1 fully saturated rings. The number of rotatable bonds is 3. The van der Waals surface area contributed by atoms with Crippen LogP contribution in [0.3, 0.4) is 0 Å². The molecule has 6 nitrogen and oxygen atoms in total. The zero-order chi connectivity index (χ0) is 18.8. The van der Waals surface area contributed by atoms with E-state index < -0.39 is 0 Å². The highest BCUT2D eigenvalue weighted by molar-refractivity contribution is 6.31. The van der Waals surface area contributed by atoms with Crippen molar-refractivity contribution in [2.24, 2.45) is 0 Å². The number of carbonyl (C=O) groups is 1. The van der Waals surface area contributed by atoms with Crippen LogP contribution >= 0.6 is 11.6 Å². The summed E-state index contributed by atoms with van der Waals surface area (Å²) in [6.07, 6.45) is 2.33. The van der Waals surface area contributed by atoms with E-state index in [1.165, 1.54) is 30.6 Å². The Bertz CT molecular complexity index is 982. The van der Waals surface area contributed by atoms with Gasteiger partial charge in [-0.05, 0) is 48.9 Å². The van der Waals surface area contributed by atoms with Crippen molar-refractivity contribution in [2.75, 3.05) is 23.3 Å². The van der Waals surface area contributed by atoms with Crippen LogP contribution in [0.1, 0.15) is 6.42 Å². The molecule has 3 aromatic rings. The zero-order valence-corrected chi connectivity index (χ0v) is 15.1. The highest BCUT2D eigenvalue weighted by Gasteiger charge is 2.26. The lowest BCUT2D eigenvalue weighted by molar-refractivity contribution is 0.249. The predicted octanol–water partition coefficient (Wildman–Crippen LogP) is 3.82. The Morgan fingerprint density at radius 2 is 2.00 bits per heavy atom. The molecule has 27 heavy (non-hydrogen) atoms. The maximum atomic E-state index is 12.9. The molecule has 2 N–H and O–H groups in total. The van der Waals surface area contributed by atoms with Gasteiger partial charge in [0.15, 0.2) is 0 Å². The average molecular weight is 386 g/mol. The molecular formula is C19H17ClFN5O. The van der Waals surface area contributed by atoms with E-state index >= 15 is 0 Å². The number of amides is 2. The van der Waals surface area contributed by atoms with Crippen molar-refractivity contribution >= 4 is 40.0 Å². The first-order chi connectivity index (χ1) is 13.1. The van der Waals surface area contributed by atoms with Crippen LogP contribution in [0.15, 0.2) is 48.8 Å².